The van der Waals surface area contributed by atoms with Gasteiger partial charge in [-0.3, -0.25) is 4.79 Å². The van der Waals surface area contributed by atoms with Crippen molar-refractivity contribution in [3.63, 3.8) is 0 Å². The van der Waals surface area contributed by atoms with Crippen LogP contribution in [0, 0.1) is 0 Å². The number of hydrogen-bond donors (Lipinski definition) is 2. The summed E-state index contributed by atoms with van der Waals surface area (Å²) >= 11 is 0. The second-order valence-electron chi connectivity index (χ2n) is 6.76. The van der Waals surface area contributed by atoms with E-state index in [1.54, 1.807) is 24.3 Å². The third-order valence-electron chi connectivity index (χ3n) is 4.58. The zero-order valence-corrected chi connectivity index (χ0v) is 16.0. The van der Waals surface area contributed by atoms with Gasteiger partial charge in [-0.05, 0) is 67.4 Å². The number of nitrogens with one attached hydrogen (secondary N) is 1. The van der Waals surface area contributed by atoms with Crippen LogP contribution in [0.15, 0.2) is 78.9 Å². The largest absolute Gasteiger partial charge is 0.508 e. The van der Waals surface area contributed by atoms with Crippen molar-refractivity contribution in [1.29, 1.82) is 0 Å². The second kappa shape index (κ2) is 9.72. The van der Waals surface area contributed by atoms with Gasteiger partial charge in [-0.15, -0.1) is 0 Å². The molecule has 3 aromatic rings. The van der Waals surface area contributed by atoms with Crippen LogP contribution in [0.4, 0.5) is 0 Å². The number of benzene rings is 3. The van der Waals surface area contributed by atoms with E-state index in [4.69, 9.17) is 4.74 Å². The molecule has 0 aliphatic rings. The van der Waals surface area contributed by atoms with Gasteiger partial charge >= 0.3 is 0 Å². The van der Waals surface area contributed by atoms with E-state index in [1.807, 2.05) is 61.5 Å². The maximum atomic E-state index is 12.6. The van der Waals surface area contributed by atoms with Crippen molar-refractivity contribution in [3.8, 4) is 11.5 Å². The molecule has 4 heteroatoms. The third-order valence-corrected chi connectivity index (χ3v) is 4.58. The van der Waals surface area contributed by atoms with E-state index in [2.05, 4.69) is 5.32 Å². The number of aromatic hydroxyl groups is 1. The highest BCUT2D eigenvalue weighted by Gasteiger charge is 2.14. The van der Waals surface area contributed by atoms with Crippen LogP contribution in [0.2, 0.25) is 0 Å². The Morgan fingerprint density at radius 3 is 2.29 bits per heavy atom. The summed E-state index contributed by atoms with van der Waals surface area (Å²) in [5.41, 5.74) is 2.88. The Labute approximate surface area is 165 Å². The van der Waals surface area contributed by atoms with Gasteiger partial charge in [0.15, 0.2) is 5.78 Å². The van der Waals surface area contributed by atoms with Gasteiger partial charge in [0.25, 0.3) is 0 Å². The molecule has 0 amide bonds. The molecule has 0 aliphatic heterocycles. The molecular formula is C24H25NO3. The van der Waals surface area contributed by atoms with Gasteiger partial charge in [-0.25, -0.2) is 0 Å². The predicted octanol–water partition coefficient (Wildman–Crippen LogP) is 4.37. The molecule has 0 aliphatic carbocycles. The van der Waals surface area contributed by atoms with E-state index in [9.17, 15) is 9.90 Å². The minimum absolute atomic E-state index is 0.0558. The van der Waals surface area contributed by atoms with Crippen LogP contribution in [0.5, 0.6) is 11.5 Å². The highest BCUT2D eigenvalue weighted by atomic mass is 16.5. The lowest BCUT2D eigenvalue weighted by Gasteiger charge is -2.13. The molecule has 0 fully saturated rings. The van der Waals surface area contributed by atoms with Gasteiger partial charge in [0, 0.05) is 5.56 Å². The number of Topliss-reactive ketones (excluding diaryl/α,β-unsaturated/α-hetero) is 1. The molecule has 0 bridgehead atoms. The van der Waals surface area contributed by atoms with Gasteiger partial charge in [0.2, 0.25) is 0 Å². The third kappa shape index (κ3) is 5.69. The Balaban J connectivity index is 1.47. The average molecular weight is 375 g/mol. The van der Waals surface area contributed by atoms with Crippen LogP contribution in [0.25, 0.3) is 0 Å². The SMILES string of the molecule is CC(NCCc1ccc(O)cc1)C(=O)c1ccc(OCc2ccccc2)cc1. The fraction of sp³-hybridized carbons (Fsp3) is 0.208. The van der Waals surface area contributed by atoms with Gasteiger partial charge in [0.1, 0.15) is 18.1 Å². The van der Waals surface area contributed by atoms with Gasteiger partial charge in [-0.1, -0.05) is 42.5 Å². The number of hydrogen-bond acceptors (Lipinski definition) is 4. The van der Waals surface area contributed by atoms with Crippen molar-refractivity contribution in [2.75, 3.05) is 6.54 Å². The molecule has 0 aromatic heterocycles. The first-order valence-electron chi connectivity index (χ1n) is 9.44. The molecule has 0 saturated carbocycles. The minimum Gasteiger partial charge on any atom is -0.508 e. The zero-order chi connectivity index (χ0) is 19.8. The lowest BCUT2D eigenvalue weighted by Crippen LogP contribution is -2.35. The molecule has 2 N–H and O–H groups in total. The normalized spacial score (nSPS) is 11.8. The number of ether oxygens (including phenoxy) is 1. The molecule has 1 unspecified atom stereocenters. The summed E-state index contributed by atoms with van der Waals surface area (Å²) in [5, 5.41) is 12.6. The molecule has 0 spiro atoms. The number of phenolic OH excluding ortho intramolecular Hbond substituents is 1. The van der Waals surface area contributed by atoms with E-state index in [0.29, 0.717) is 18.7 Å². The summed E-state index contributed by atoms with van der Waals surface area (Å²) in [6.07, 6.45) is 0.796. The summed E-state index contributed by atoms with van der Waals surface area (Å²) in [7, 11) is 0. The van der Waals surface area contributed by atoms with Gasteiger partial charge in [-0.2, -0.15) is 0 Å². The van der Waals surface area contributed by atoms with E-state index < -0.39 is 0 Å². The Bertz CT molecular complexity index is 874. The first-order valence-corrected chi connectivity index (χ1v) is 9.44. The van der Waals surface area contributed by atoms with E-state index in [-0.39, 0.29) is 17.6 Å². The highest BCUT2D eigenvalue weighted by molar-refractivity contribution is 5.99. The number of ketones is 1. The zero-order valence-electron chi connectivity index (χ0n) is 16.0. The molecule has 28 heavy (non-hydrogen) atoms. The summed E-state index contributed by atoms with van der Waals surface area (Å²) in [4.78, 5) is 12.6. The Hall–Kier alpha value is -3.11. The first kappa shape index (κ1) is 19.6. The van der Waals surface area contributed by atoms with E-state index >= 15 is 0 Å². The first-order chi connectivity index (χ1) is 13.6. The van der Waals surface area contributed by atoms with Gasteiger partial charge in [0.05, 0.1) is 6.04 Å². The van der Waals surface area contributed by atoms with Crippen molar-refractivity contribution in [2.24, 2.45) is 0 Å². The monoisotopic (exact) mass is 375 g/mol. The van der Waals surface area contributed by atoms with Crippen LogP contribution in [0.1, 0.15) is 28.4 Å². The summed E-state index contributed by atoms with van der Waals surface area (Å²) in [6, 6.07) is 24.1. The molecule has 1 atom stereocenters. The lowest BCUT2D eigenvalue weighted by molar-refractivity contribution is 0.0951. The fourth-order valence-corrected chi connectivity index (χ4v) is 2.89. The van der Waals surface area contributed by atoms with Gasteiger partial charge < -0.3 is 15.2 Å². The molecular weight excluding hydrogens is 350 g/mol. The van der Waals surface area contributed by atoms with E-state index in [0.717, 1.165) is 23.3 Å². The van der Waals surface area contributed by atoms with Crippen molar-refractivity contribution in [3.05, 3.63) is 95.6 Å². The van der Waals surface area contributed by atoms with Crippen LogP contribution in [-0.4, -0.2) is 23.5 Å². The van der Waals surface area contributed by atoms with Crippen molar-refractivity contribution >= 4 is 5.78 Å². The van der Waals surface area contributed by atoms with Crippen LogP contribution in [0.3, 0.4) is 0 Å². The molecule has 3 aromatic carbocycles. The van der Waals surface area contributed by atoms with Crippen molar-refractivity contribution < 1.29 is 14.6 Å². The molecule has 0 heterocycles. The average Bonchev–Trinajstić information content (AvgIpc) is 2.74. The molecule has 4 nitrogen and oxygen atoms in total. The summed E-state index contributed by atoms with van der Waals surface area (Å²) < 4.78 is 5.76. The number of rotatable bonds is 9. The maximum absolute atomic E-state index is 12.6. The lowest BCUT2D eigenvalue weighted by atomic mass is 10.0. The standard InChI is InChI=1S/C24H25NO3/c1-18(25-16-15-19-7-11-22(26)12-8-19)24(27)21-9-13-23(14-10-21)28-17-20-5-3-2-4-6-20/h2-14,18,25-26H,15-17H2,1H3. The highest BCUT2D eigenvalue weighted by Crippen LogP contribution is 2.15. The predicted molar refractivity (Wildman–Crippen MR) is 111 cm³/mol. The smallest absolute Gasteiger partial charge is 0.179 e. The quantitative estimate of drug-likeness (QED) is 0.545. The summed E-state index contributed by atoms with van der Waals surface area (Å²) in [5.74, 6) is 1.06. The van der Waals surface area contributed by atoms with Crippen LogP contribution >= 0.6 is 0 Å². The van der Waals surface area contributed by atoms with Crippen LogP contribution in [-0.2, 0) is 13.0 Å². The minimum atomic E-state index is -0.270. The van der Waals surface area contributed by atoms with Crippen molar-refractivity contribution in [1.82, 2.24) is 5.32 Å². The molecule has 0 radical (unpaired) electrons. The number of phenols is 1. The Morgan fingerprint density at radius 2 is 1.61 bits per heavy atom. The van der Waals surface area contributed by atoms with E-state index in [1.165, 1.54) is 0 Å². The second-order valence-corrected chi connectivity index (χ2v) is 6.76. The Kier molecular flexibility index (Phi) is 6.82. The van der Waals surface area contributed by atoms with Crippen molar-refractivity contribution in [2.45, 2.75) is 26.0 Å². The van der Waals surface area contributed by atoms with Crippen LogP contribution < -0.4 is 10.1 Å². The fourth-order valence-electron chi connectivity index (χ4n) is 2.89. The number of carbonyl (C=O) groups is 1. The summed E-state index contributed by atoms with van der Waals surface area (Å²) in [6.45, 7) is 3.07. The maximum Gasteiger partial charge on any atom is 0.179 e. The number of carbonyl (C=O) groups excluding carboxylic acids is 1. The topological polar surface area (TPSA) is 58.6 Å². The molecule has 144 valence electrons. The molecule has 3 rings (SSSR count). The molecule has 0 saturated heterocycles. The Morgan fingerprint density at radius 1 is 0.929 bits per heavy atom.